The van der Waals surface area contributed by atoms with Crippen molar-refractivity contribution in [3.8, 4) is 0 Å². The van der Waals surface area contributed by atoms with E-state index in [1.165, 1.54) is 225 Å². The van der Waals surface area contributed by atoms with Gasteiger partial charge in [-0.05, 0) is 37.5 Å². The highest BCUT2D eigenvalue weighted by Gasteiger charge is 2.30. The maximum atomic E-state index is 13.1. The zero-order chi connectivity index (χ0) is 71.4. The minimum Gasteiger partial charge on any atom is -0.462 e. The molecule has 0 spiro atoms. The number of rotatable bonds is 77. The Hall–Kier alpha value is -1.94. The number of aliphatic hydroxyl groups is 1. The summed E-state index contributed by atoms with van der Waals surface area (Å²) in [5, 5.41) is 10.6. The summed E-state index contributed by atoms with van der Waals surface area (Å²) in [6.07, 6.45) is 58.0. The molecular formula is C78H152O17P2. The molecule has 0 saturated heterocycles. The third-order valence-corrected chi connectivity index (χ3v) is 20.5. The van der Waals surface area contributed by atoms with Gasteiger partial charge in [0.2, 0.25) is 0 Å². The van der Waals surface area contributed by atoms with Crippen molar-refractivity contribution < 1.29 is 80.2 Å². The quantitative estimate of drug-likeness (QED) is 0.0222. The number of hydrogen-bond acceptors (Lipinski definition) is 15. The van der Waals surface area contributed by atoms with E-state index in [-0.39, 0.29) is 25.7 Å². The molecule has 17 nitrogen and oxygen atoms in total. The van der Waals surface area contributed by atoms with Gasteiger partial charge in [-0.1, -0.05) is 356 Å². The van der Waals surface area contributed by atoms with Gasteiger partial charge in [-0.2, -0.15) is 0 Å². The van der Waals surface area contributed by atoms with E-state index in [4.69, 9.17) is 37.0 Å². The molecule has 0 rings (SSSR count). The van der Waals surface area contributed by atoms with Crippen LogP contribution in [0.1, 0.15) is 408 Å². The molecule has 0 fully saturated rings. The lowest BCUT2D eigenvalue weighted by atomic mass is 9.99. The van der Waals surface area contributed by atoms with Gasteiger partial charge in [-0.15, -0.1) is 0 Å². The highest BCUT2D eigenvalue weighted by atomic mass is 31.2. The molecule has 0 amide bonds. The summed E-state index contributed by atoms with van der Waals surface area (Å²) in [5.74, 6) is -0.556. The van der Waals surface area contributed by atoms with Gasteiger partial charge in [-0.3, -0.25) is 37.3 Å². The van der Waals surface area contributed by atoms with Crippen LogP contribution in [0.3, 0.4) is 0 Å². The van der Waals surface area contributed by atoms with Crippen molar-refractivity contribution in [2.75, 3.05) is 39.6 Å². The van der Waals surface area contributed by atoms with Gasteiger partial charge in [0.05, 0.1) is 26.4 Å². The van der Waals surface area contributed by atoms with Gasteiger partial charge in [0, 0.05) is 25.7 Å². The molecule has 0 saturated carbocycles. The Balaban J connectivity index is 5.27. The van der Waals surface area contributed by atoms with Gasteiger partial charge >= 0.3 is 39.5 Å². The van der Waals surface area contributed by atoms with E-state index in [9.17, 15) is 43.2 Å². The van der Waals surface area contributed by atoms with Gasteiger partial charge in [0.25, 0.3) is 0 Å². The SMILES string of the molecule is CCCCCCCCCCCCCCCCCC(=O)OC[C@H](COP(=O)(O)OC[C@@H](O)COP(=O)(O)OC[C@@H](COC(=O)CCCCCCCCCCC(C)CC)OC(=O)CCCCCCCCCCCCCCCCC)OC(=O)CCCCCCCCCCCCCCC(C)C. The van der Waals surface area contributed by atoms with Gasteiger partial charge < -0.3 is 33.8 Å². The fourth-order valence-corrected chi connectivity index (χ4v) is 13.6. The zero-order valence-electron chi connectivity index (χ0n) is 63.4. The molecule has 0 heterocycles. The van der Waals surface area contributed by atoms with E-state index in [2.05, 4.69) is 41.5 Å². The van der Waals surface area contributed by atoms with Crippen molar-refractivity contribution in [1.82, 2.24) is 0 Å². The fraction of sp³-hybridized carbons (Fsp3) is 0.949. The van der Waals surface area contributed by atoms with Crippen molar-refractivity contribution in [2.24, 2.45) is 11.8 Å². The molecule has 0 radical (unpaired) electrons. The summed E-state index contributed by atoms with van der Waals surface area (Å²) in [7, 11) is -9.92. The monoisotopic (exact) mass is 1420 g/mol. The van der Waals surface area contributed by atoms with Gasteiger partial charge in [0.1, 0.15) is 19.3 Å². The average Bonchev–Trinajstić information content (AvgIpc) is 3.37. The van der Waals surface area contributed by atoms with Crippen molar-refractivity contribution in [3.05, 3.63) is 0 Å². The molecule has 3 unspecified atom stereocenters. The van der Waals surface area contributed by atoms with E-state index in [1.807, 2.05) is 0 Å². The van der Waals surface area contributed by atoms with Crippen molar-refractivity contribution >= 4 is 39.5 Å². The lowest BCUT2D eigenvalue weighted by Gasteiger charge is -2.21. The lowest BCUT2D eigenvalue weighted by Crippen LogP contribution is -2.30. The first-order valence-electron chi connectivity index (χ1n) is 40.5. The predicted molar refractivity (Wildman–Crippen MR) is 395 cm³/mol. The van der Waals surface area contributed by atoms with Crippen LogP contribution in [0.4, 0.5) is 0 Å². The molecule has 0 aromatic rings. The molecule has 576 valence electrons. The van der Waals surface area contributed by atoms with Crippen LogP contribution in [0.25, 0.3) is 0 Å². The number of phosphoric ester groups is 2. The third-order valence-electron chi connectivity index (χ3n) is 18.6. The maximum Gasteiger partial charge on any atom is 0.472 e. The number of ether oxygens (including phenoxy) is 4. The Morgan fingerprint density at radius 1 is 0.299 bits per heavy atom. The van der Waals surface area contributed by atoms with E-state index < -0.39 is 97.5 Å². The Morgan fingerprint density at radius 3 is 0.784 bits per heavy atom. The normalized spacial score (nSPS) is 14.2. The highest BCUT2D eigenvalue weighted by Crippen LogP contribution is 2.45. The summed E-state index contributed by atoms with van der Waals surface area (Å²) in [4.78, 5) is 73.0. The Morgan fingerprint density at radius 2 is 0.526 bits per heavy atom. The summed E-state index contributed by atoms with van der Waals surface area (Å²) >= 11 is 0. The second-order valence-corrected chi connectivity index (χ2v) is 31.7. The number of aliphatic hydroxyl groups excluding tert-OH is 1. The first-order chi connectivity index (χ1) is 46.9. The first kappa shape index (κ1) is 95.1. The van der Waals surface area contributed by atoms with Crippen LogP contribution in [0.15, 0.2) is 0 Å². The second kappa shape index (κ2) is 69.8. The number of unbranched alkanes of at least 4 members (excludes halogenated alkanes) is 46. The van der Waals surface area contributed by atoms with E-state index in [0.717, 1.165) is 102 Å². The minimum atomic E-state index is -4.96. The Kier molecular flexibility index (Phi) is 68.4. The molecule has 0 bridgehead atoms. The summed E-state index contributed by atoms with van der Waals surface area (Å²) < 4.78 is 68.7. The fourth-order valence-electron chi connectivity index (χ4n) is 12.0. The largest absolute Gasteiger partial charge is 0.472 e. The van der Waals surface area contributed by atoms with E-state index in [0.29, 0.717) is 25.7 Å². The third kappa shape index (κ3) is 70.9. The molecule has 19 heteroatoms. The molecule has 6 atom stereocenters. The molecule has 0 aliphatic rings. The van der Waals surface area contributed by atoms with Crippen LogP contribution in [0, 0.1) is 11.8 Å². The van der Waals surface area contributed by atoms with Crippen LogP contribution in [0.2, 0.25) is 0 Å². The average molecular weight is 1420 g/mol. The number of carbonyl (C=O) groups is 4. The Bertz CT molecular complexity index is 1870. The van der Waals surface area contributed by atoms with Crippen molar-refractivity contribution in [2.45, 2.75) is 426 Å². The number of esters is 4. The molecule has 0 aliphatic carbocycles. The van der Waals surface area contributed by atoms with Gasteiger partial charge in [0.15, 0.2) is 12.2 Å². The second-order valence-electron chi connectivity index (χ2n) is 28.8. The van der Waals surface area contributed by atoms with Crippen LogP contribution in [-0.2, 0) is 65.4 Å². The van der Waals surface area contributed by atoms with E-state index >= 15 is 0 Å². The molecule has 0 aromatic heterocycles. The molecule has 0 aliphatic heterocycles. The van der Waals surface area contributed by atoms with Crippen LogP contribution in [-0.4, -0.2) is 96.7 Å². The number of hydrogen-bond donors (Lipinski definition) is 3. The molecule has 0 aromatic carbocycles. The smallest absolute Gasteiger partial charge is 0.462 e. The Labute approximate surface area is 594 Å². The summed E-state index contributed by atoms with van der Waals surface area (Å²) in [6.45, 7) is 9.64. The topological polar surface area (TPSA) is 237 Å². The molecular weight excluding hydrogens is 1270 g/mol. The zero-order valence-corrected chi connectivity index (χ0v) is 65.2. The summed E-state index contributed by atoms with van der Waals surface area (Å²) in [6, 6.07) is 0. The van der Waals surface area contributed by atoms with E-state index in [1.54, 1.807) is 0 Å². The highest BCUT2D eigenvalue weighted by molar-refractivity contribution is 7.47. The number of carbonyl (C=O) groups excluding carboxylic acids is 4. The summed E-state index contributed by atoms with van der Waals surface area (Å²) in [5.41, 5.74) is 0. The van der Waals surface area contributed by atoms with Crippen LogP contribution < -0.4 is 0 Å². The molecule has 97 heavy (non-hydrogen) atoms. The van der Waals surface area contributed by atoms with Crippen LogP contribution in [0.5, 0.6) is 0 Å². The van der Waals surface area contributed by atoms with Gasteiger partial charge in [-0.25, -0.2) is 9.13 Å². The standard InChI is InChI=1S/C78H152O17P2/c1-7-10-12-14-16-18-20-22-24-26-31-35-42-48-54-60-75(80)88-66-73(94-78(83)63-57-51-45-37-33-29-28-30-34-40-46-52-58-70(4)5)68-92-96(84,85)90-64-72(79)65-91-97(86,87)93-69-74(67-89-76(81)61-55-49-43-39-38-41-47-53-59-71(6)9-3)95-77(82)62-56-50-44-36-32-27-25-23-21-19-17-15-13-11-8-2/h70-74,79H,7-69H2,1-6H3,(H,84,85)(H,86,87)/t71?,72-,73-,74-/m1/s1. The maximum absolute atomic E-state index is 13.1. The van der Waals surface area contributed by atoms with Crippen molar-refractivity contribution in [3.63, 3.8) is 0 Å². The lowest BCUT2D eigenvalue weighted by molar-refractivity contribution is -0.161. The number of phosphoric acid groups is 2. The predicted octanol–water partition coefficient (Wildman–Crippen LogP) is 23.1. The first-order valence-corrected chi connectivity index (χ1v) is 43.5. The molecule has 3 N–H and O–H groups in total. The minimum absolute atomic E-state index is 0.107. The van der Waals surface area contributed by atoms with Crippen LogP contribution >= 0.6 is 15.6 Å². The van der Waals surface area contributed by atoms with Crippen molar-refractivity contribution in [1.29, 1.82) is 0 Å².